The van der Waals surface area contributed by atoms with Crippen LogP contribution in [0.4, 0.5) is 11.5 Å². The first-order chi connectivity index (χ1) is 6.66. The molecule has 14 heavy (non-hydrogen) atoms. The Labute approximate surface area is 92.9 Å². The number of hydrogen-bond donors (Lipinski definition) is 1. The number of hydrogen-bond acceptors (Lipinski definition) is 5. The summed E-state index contributed by atoms with van der Waals surface area (Å²) in [6.45, 7) is 0.888. The van der Waals surface area contributed by atoms with Crippen LogP contribution < -0.4 is 10.6 Å². The lowest BCUT2D eigenvalue weighted by Crippen LogP contribution is -2.22. The maximum atomic E-state index is 5.78. The van der Waals surface area contributed by atoms with E-state index in [4.69, 9.17) is 17.3 Å². The molecule has 1 heterocycles. The van der Waals surface area contributed by atoms with Gasteiger partial charge in [-0.15, -0.1) is 0 Å². The highest BCUT2D eigenvalue weighted by molar-refractivity contribution is 7.98. The van der Waals surface area contributed by atoms with Gasteiger partial charge in [-0.1, -0.05) is 11.6 Å². The van der Waals surface area contributed by atoms with Crippen molar-refractivity contribution in [2.45, 2.75) is 0 Å². The van der Waals surface area contributed by atoms with Gasteiger partial charge in [0.1, 0.15) is 12.0 Å². The molecule has 78 valence electrons. The van der Waals surface area contributed by atoms with E-state index in [0.717, 1.165) is 12.3 Å². The topological polar surface area (TPSA) is 55.0 Å². The number of nitrogens with two attached hydrogens (primary N) is 1. The predicted octanol–water partition coefficient (Wildman–Crippen LogP) is 1.51. The summed E-state index contributed by atoms with van der Waals surface area (Å²) in [5, 5.41) is 0.311. The van der Waals surface area contributed by atoms with E-state index in [-0.39, 0.29) is 0 Å². The molecule has 0 aliphatic heterocycles. The largest absolute Gasteiger partial charge is 0.393 e. The minimum absolute atomic E-state index is 0.311. The Morgan fingerprint density at radius 3 is 2.93 bits per heavy atom. The zero-order valence-corrected chi connectivity index (χ0v) is 9.77. The van der Waals surface area contributed by atoms with Crippen LogP contribution in [0.5, 0.6) is 0 Å². The number of anilines is 2. The van der Waals surface area contributed by atoms with Crippen molar-refractivity contribution in [2.75, 3.05) is 36.2 Å². The number of nitrogens with zero attached hydrogens (tertiary/aromatic N) is 3. The smallest absolute Gasteiger partial charge is 0.157 e. The third-order valence-electron chi connectivity index (χ3n) is 1.81. The quantitative estimate of drug-likeness (QED) is 0.798. The van der Waals surface area contributed by atoms with Crippen LogP contribution in [0.1, 0.15) is 0 Å². The predicted molar refractivity (Wildman–Crippen MR) is 63.1 cm³/mol. The van der Waals surface area contributed by atoms with Crippen LogP contribution in [0.2, 0.25) is 5.15 Å². The molecule has 4 nitrogen and oxygen atoms in total. The molecule has 0 spiro atoms. The average Bonchev–Trinajstić information content (AvgIpc) is 2.18. The van der Waals surface area contributed by atoms with Gasteiger partial charge in [-0.25, -0.2) is 9.97 Å². The fourth-order valence-electron chi connectivity index (χ4n) is 1.00. The lowest BCUT2D eigenvalue weighted by Gasteiger charge is -2.18. The third kappa shape index (κ3) is 2.65. The number of aromatic nitrogens is 2. The molecule has 0 amide bonds. The Morgan fingerprint density at radius 1 is 1.57 bits per heavy atom. The van der Waals surface area contributed by atoms with E-state index in [0.29, 0.717) is 16.7 Å². The van der Waals surface area contributed by atoms with E-state index < -0.39 is 0 Å². The first-order valence-electron chi connectivity index (χ1n) is 4.13. The Balaban J connectivity index is 2.79. The van der Waals surface area contributed by atoms with Crippen molar-refractivity contribution in [3.8, 4) is 0 Å². The molecule has 1 aromatic rings. The van der Waals surface area contributed by atoms with Gasteiger partial charge in [0.15, 0.2) is 11.0 Å². The van der Waals surface area contributed by atoms with Gasteiger partial charge in [0.05, 0.1) is 0 Å². The number of nitrogen functional groups attached to an aromatic ring is 1. The second-order valence-corrected chi connectivity index (χ2v) is 4.16. The summed E-state index contributed by atoms with van der Waals surface area (Å²) < 4.78 is 0. The Hall–Kier alpha value is -0.680. The lowest BCUT2D eigenvalue weighted by molar-refractivity contribution is 0.939. The summed E-state index contributed by atoms with van der Waals surface area (Å²) in [5.74, 6) is 1.72. The normalized spacial score (nSPS) is 10.2. The SMILES string of the molecule is CSCCN(C)c1ncnc(Cl)c1N. The molecule has 0 aromatic carbocycles. The number of halogens is 1. The summed E-state index contributed by atoms with van der Waals surface area (Å²) in [6, 6.07) is 0. The van der Waals surface area contributed by atoms with Crippen LogP contribution in [-0.4, -0.2) is 35.6 Å². The van der Waals surface area contributed by atoms with E-state index in [2.05, 4.69) is 16.2 Å². The van der Waals surface area contributed by atoms with Gasteiger partial charge < -0.3 is 10.6 Å². The molecule has 6 heteroatoms. The molecular weight excluding hydrogens is 220 g/mol. The standard InChI is InChI=1S/C8H13ClN4S/c1-13(3-4-14-2)8-6(10)7(9)11-5-12-8/h5H,3-4,10H2,1-2H3. The van der Waals surface area contributed by atoms with Crippen LogP contribution in [0.25, 0.3) is 0 Å². The zero-order valence-electron chi connectivity index (χ0n) is 8.20. The molecule has 0 atom stereocenters. The van der Waals surface area contributed by atoms with Gasteiger partial charge in [0.25, 0.3) is 0 Å². The summed E-state index contributed by atoms with van der Waals surface area (Å²) in [5.41, 5.74) is 6.19. The molecule has 0 radical (unpaired) electrons. The molecule has 0 unspecified atom stereocenters. The van der Waals surface area contributed by atoms with E-state index in [1.54, 1.807) is 11.8 Å². The average molecular weight is 233 g/mol. The van der Waals surface area contributed by atoms with Crippen molar-refractivity contribution in [3.63, 3.8) is 0 Å². The fraction of sp³-hybridized carbons (Fsp3) is 0.500. The fourth-order valence-corrected chi connectivity index (χ4v) is 1.59. The molecule has 0 fully saturated rings. The maximum Gasteiger partial charge on any atom is 0.157 e. The van der Waals surface area contributed by atoms with Gasteiger partial charge >= 0.3 is 0 Å². The van der Waals surface area contributed by atoms with E-state index >= 15 is 0 Å². The highest BCUT2D eigenvalue weighted by atomic mass is 35.5. The molecular formula is C8H13ClN4S. The molecule has 0 aliphatic carbocycles. The lowest BCUT2D eigenvalue weighted by atomic mass is 10.4. The minimum atomic E-state index is 0.311. The minimum Gasteiger partial charge on any atom is -0.393 e. The highest BCUT2D eigenvalue weighted by Gasteiger charge is 2.09. The summed E-state index contributed by atoms with van der Waals surface area (Å²) in [6.07, 6.45) is 3.48. The van der Waals surface area contributed by atoms with Crippen molar-refractivity contribution in [3.05, 3.63) is 11.5 Å². The molecule has 2 N–H and O–H groups in total. The maximum absolute atomic E-state index is 5.78. The molecule has 1 aromatic heterocycles. The Morgan fingerprint density at radius 2 is 2.29 bits per heavy atom. The molecule has 0 saturated carbocycles. The van der Waals surface area contributed by atoms with Crippen LogP contribution in [-0.2, 0) is 0 Å². The van der Waals surface area contributed by atoms with Crippen molar-refractivity contribution in [1.82, 2.24) is 9.97 Å². The second kappa shape index (κ2) is 5.26. The van der Waals surface area contributed by atoms with Gasteiger partial charge in [0, 0.05) is 19.3 Å². The Kier molecular flexibility index (Phi) is 4.28. The zero-order chi connectivity index (χ0) is 10.6. The molecule has 0 aliphatic rings. The van der Waals surface area contributed by atoms with Gasteiger partial charge in [-0.2, -0.15) is 11.8 Å². The van der Waals surface area contributed by atoms with E-state index in [1.807, 2.05) is 11.9 Å². The summed E-state index contributed by atoms with van der Waals surface area (Å²) >= 11 is 7.56. The number of rotatable bonds is 4. The van der Waals surface area contributed by atoms with Gasteiger partial charge in [-0.3, -0.25) is 0 Å². The first kappa shape index (κ1) is 11.4. The summed E-state index contributed by atoms with van der Waals surface area (Å²) in [7, 11) is 1.94. The molecule has 0 saturated heterocycles. The van der Waals surface area contributed by atoms with Crippen LogP contribution >= 0.6 is 23.4 Å². The van der Waals surface area contributed by atoms with Crippen molar-refractivity contribution >= 4 is 34.9 Å². The summed E-state index contributed by atoms with van der Waals surface area (Å²) in [4.78, 5) is 9.86. The van der Waals surface area contributed by atoms with Crippen LogP contribution in [0.15, 0.2) is 6.33 Å². The van der Waals surface area contributed by atoms with E-state index in [1.165, 1.54) is 6.33 Å². The molecule has 0 bridgehead atoms. The monoisotopic (exact) mass is 232 g/mol. The van der Waals surface area contributed by atoms with Crippen molar-refractivity contribution in [1.29, 1.82) is 0 Å². The number of thioether (sulfide) groups is 1. The van der Waals surface area contributed by atoms with Gasteiger partial charge in [0.2, 0.25) is 0 Å². The Bertz CT molecular complexity index is 307. The highest BCUT2D eigenvalue weighted by Crippen LogP contribution is 2.24. The van der Waals surface area contributed by atoms with E-state index in [9.17, 15) is 0 Å². The van der Waals surface area contributed by atoms with Crippen molar-refractivity contribution < 1.29 is 0 Å². The van der Waals surface area contributed by atoms with Gasteiger partial charge in [-0.05, 0) is 6.26 Å². The molecule has 1 rings (SSSR count). The third-order valence-corrected chi connectivity index (χ3v) is 2.70. The van der Waals surface area contributed by atoms with Crippen molar-refractivity contribution in [2.24, 2.45) is 0 Å². The second-order valence-electron chi connectivity index (χ2n) is 2.82. The van der Waals surface area contributed by atoms with Crippen LogP contribution in [0, 0.1) is 0 Å². The first-order valence-corrected chi connectivity index (χ1v) is 5.90. The van der Waals surface area contributed by atoms with Crippen LogP contribution in [0.3, 0.4) is 0 Å².